The highest BCUT2D eigenvalue weighted by atomic mass is 16.5. The summed E-state index contributed by atoms with van der Waals surface area (Å²) in [5, 5.41) is 20.5. The van der Waals surface area contributed by atoms with Crippen molar-refractivity contribution in [3.05, 3.63) is 27.7 Å². The van der Waals surface area contributed by atoms with Crippen LogP contribution < -0.4 is 10.4 Å². The Morgan fingerprint density at radius 2 is 2.04 bits per heavy atom. The highest BCUT2D eigenvalue weighted by molar-refractivity contribution is 5.97. The number of ether oxygens (including phenoxy) is 1. The molecule has 1 aliphatic rings. The van der Waals surface area contributed by atoms with Crippen LogP contribution in [0.5, 0.6) is 5.75 Å². The van der Waals surface area contributed by atoms with Crippen LogP contribution in [-0.2, 0) is 4.74 Å². The van der Waals surface area contributed by atoms with E-state index in [9.17, 15) is 19.5 Å². The van der Waals surface area contributed by atoms with Gasteiger partial charge < -0.3 is 19.8 Å². The van der Waals surface area contributed by atoms with Gasteiger partial charge in [-0.25, -0.2) is 4.79 Å². The lowest BCUT2D eigenvalue weighted by molar-refractivity contribution is 0.0434. The van der Waals surface area contributed by atoms with Crippen molar-refractivity contribution in [3.8, 4) is 5.75 Å². The maximum Gasteiger partial charge on any atom is 0.341 e. The summed E-state index contributed by atoms with van der Waals surface area (Å²) in [6, 6.07) is 0. The number of aromatic nitrogens is 1. The zero-order valence-electron chi connectivity index (χ0n) is 13.1. The number of carbonyl (C=O) groups is 2. The Kier molecular flexibility index (Phi) is 4.60. The van der Waals surface area contributed by atoms with E-state index in [1.807, 2.05) is 13.8 Å². The zero-order chi connectivity index (χ0) is 17.3. The molecule has 1 aliphatic heterocycles. The molecule has 0 bridgehead atoms. The summed E-state index contributed by atoms with van der Waals surface area (Å²) in [7, 11) is 1.61. The molecule has 1 aromatic rings. The summed E-state index contributed by atoms with van der Waals surface area (Å²) in [4.78, 5) is 36.8. The fraction of sp³-hybridized carbons (Fsp3) is 0.500. The average molecular weight is 325 g/mol. The van der Waals surface area contributed by atoms with Gasteiger partial charge in [-0.05, 0) is 13.8 Å². The van der Waals surface area contributed by atoms with Gasteiger partial charge in [0.2, 0.25) is 5.43 Å². The van der Waals surface area contributed by atoms with Crippen LogP contribution in [0.3, 0.4) is 0 Å². The van der Waals surface area contributed by atoms with E-state index in [4.69, 9.17) is 9.84 Å². The van der Waals surface area contributed by atoms with Gasteiger partial charge in [0, 0.05) is 19.8 Å². The third-order valence-corrected chi connectivity index (χ3v) is 3.44. The average Bonchev–Trinajstić information content (AvgIpc) is 2.46. The molecule has 9 nitrogen and oxygen atoms in total. The number of amides is 1. The smallest absolute Gasteiger partial charge is 0.341 e. The number of hydrogen-bond acceptors (Lipinski definition) is 6. The Balaban J connectivity index is 2.38. The molecule has 2 N–H and O–H groups in total. The van der Waals surface area contributed by atoms with Crippen LogP contribution in [-0.4, -0.2) is 64.6 Å². The molecule has 0 radical (unpaired) electrons. The highest BCUT2D eigenvalue weighted by Crippen LogP contribution is 2.20. The number of pyridine rings is 1. The van der Waals surface area contributed by atoms with E-state index in [-0.39, 0.29) is 25.0 Å². The lowest BCUT2D eigenvalue weighted by Crippen LogP contribution is -2.53. The molecule has 0 aromatic carbocycles. The van der Waals surface area contributed by atoms with Gasteiger partial charge in [0.15, 0.2) is 11.4 Å². The topological polar surface area (TPSA) is 112 Å². The molecule has 1 amide bonds. The van der Waals surface area contributed by atoms with Gasteiger partial charge in [-0.1, -0.05) is 0 Å². The maximum absolute atomic E-state index is 12.5. The molecule has 9 heteroatoms. The molecule has 1 aromatic heterocycles. The summed E-state index contributed by atoms with van der Waals surface area (Å²) >= 11 is 0. The molecular weight excluding hydrogens is 306 g/mol. The first-order valence-corrected chi connectivity index (χ1v) is 7.08. The Labute approximate surface area is 132 Å². The van der Waals surface area contributed by atoms with Crippen LogP contribution in [0.2, 0.25) is 0 Å². The monoisotopic (exact) mass is 325 g/mol. The van der Waals surface area contributed by atoms with Gasteiger partial charge in [0.25, 0.3) is 5.91 Å². The van der Waals surface area contributed by atoms with Crippen molar-refractivity contribution in [3.63, 3.8) is 0 Å². The molecule has 2 rings (SSSR count). The normalized spacial score (nSPS) is 14.3. The highest BCUT2D eigenvalue weighted by Gasteiger charge is 2.32. The molecule has 126 valence electrons. The van der Waals surface area contributed by atoms with Crippen molar-refractivity contribution in [2.24, 2.45) is 0 Å². The molecule has 0 fully saturated rings. The molecule has 0 spiro atoms. The molecule has 0 atom stereocenters. The van der Waals surface area contributed by atoms with Gasteiger partial charge in [-0.2, -0.15) is 0 Å². The molecule has 0 saturated heterocycles. The number of hydrogen-bond donors (Lipinski definition) is 2. The van der Waals surface area contributed by atoms with E-state index in [0.29, 0.717) is 6.61 Å². The number of nitrogens with zero attached hydrogens (tertiary/aromatic N) is 3. The molecular formula is C14H19N3O6. The van der Waals surface area contributed by atoms with Crippen molar-refractivity contribution in [2.45, 2.75) is 20.0 Å². The Hall–Kier alpha value is -2.55. The Bertz CT molecular complexity index is 696. The fourth-order valence-electron chi connectivity index (χ4n) is 2.31. The largest absolute Gasteiger partial charge is 0.502 e. The van der Waals surface area contributed by atoms with Crippen molar-refractivity contribution in [1.82, 2.24) is 9.58 Å². The van der Waals surface area contributed by atoms with Crippen LogP contribution in [0.1, 0.15) is 34.7 Å². The third kappa shape index (κ3) is 3.14. The third-order valence-electron chi connectivity index (χ3n) is 3.44. The van der Waals surface area contributed by atoms with Crippen LogP contribution >= 0.6 is 0 Å². The van der Waals surface area contributed by atoms with E-state index in [2.05, 4.69) is 0 Å². The second-order valence-corrected chi connectivity index (χ2v) is 5.51. The van der Waals surface area contributed by atoms with E-state index in [1.54, 1.807) is 7.05 Å². The molecule has 0 unspecified atom stereocenters. The van der Waals surface area contributed by atoms with Gasteiger partial charge in [0.1, 0.15) is 12.2 Å². The lowest BCUT2D eigenvalue weighted by Gasteiger charge is -2.37. The molecule has 2 heterocycles. The number of aromatic carboxylic acids is 1. The predicted molar refractivity (Wildman–Crippen MR) is 80.5 cm³/mol. The standard InChI is InChI=1S/C14H19N3O6/c1-8(2)23-5-4-16-7-15(3)17-6-9(14(21)22)11(18)12(19)10(17)13(16)20/h6,8,19H,4-5,7H2,1-3H3,(H,21,22). The number of carbonyl (C=O) groups excluding carboxylic acids is 1. The van der Waals surface area contributed by atoms with Crippen molar-refractivity contribution in [2.75, 3.05) is 31.9 Å². The minimum Gasteiger partial charge on any atom is -0.502 e. The summed E-state index contributed by atoms with van der Waals surface area (Å²) in [6.45, 7) is 4.52. The zero-order valence-corrected chi connectivity index (χ0v) is 13.1. The van der Waals surface area contributed by atoms with Crippen LogP contribution in [0, 0.1) is 0 Å². The second kappa shape index (κ2) is 6.29. The minimum absolute atomic E-state index is 0.0223. The van der Waals surface area contributed by atoms with E-state index in [1.165, 1.54) is 14.6 Å². The van der Waals surface area contributed by atoms with E-state index in [0.717, 1.165) is 6.20 Å². The number of carboxylic acid groups (broad SMARTS) is 1. The summed E-state index contributed by atoms with van der Waals surface area (Å²) < 4.78 is 6.58. The SMILES string of the molecule is CC(C)OCCN1CN(C)n2cc(C(=O)O)c(=O)c(O)c2C1=O. The van der Waals surface area contributed by atoms with Crippen molar-refractivity contribution in [1.29, 1.82) is 0 Å². The van der Waals surface area contributed by atoms with Gasteiger partial charge in [-0.3, -0.25) is 19.3 Å². The first-order valence-electron chi connectivity index (χ1n) is 7.08. The number of fused-ring (bicyclic) bond motifs is 1. The first-order chi connectivity index (χ1) is 10.7. The number of carboxylic acids is 1. The van der Waals surface area contributed by atoms with Crippen molar-refractivity contribution >= 4 is 11.9 Å². The predicted octanol–water partition coefficient (Wildman–Crippen LogP) is -0.342. The minimum atomic E-state index is -1.46. The Morgan fingerprint density at radius 3 is 2.61 bits per heavy atom. The van der Waals surface area contributed by atoms with Gasteiger partial charge in [0.05, 0.1) is 12.7 Å². The summed E-state index contributed by atoms with van der Waals surface area (Å²) in [6.07, 6.45) is 1.06. The van der Waals surface area contributed by atoms with Gasteiger partial charge >= 0.3 is 5.97 Å². The molecule has 23 heavy (non-hydrogen) atoms. The van der Waals surface area contributed by atoms with Crippen molar-refractivity contribution < 1.29 is 24.5 Å². The quantitative estimate of drug-likeness (QED) is 0.761. The van der Waals surface area contributed by atoms with Crippen LogP contribution in [0.25, 0.3) is 0 Å². The fourth-order valence-corrected chi connectivity index (χ4v) is 2.31. The molecule has 0 aliphatic carbocycles. The maximum atomic E-state index is 12.5. The Morgan fingerprint density at radius 1 is 1.39 bits per heavy atom. The van der Waals surface area contributed by atoms with Gasteiger partial charge in [-0.15, -0.1) is 0 Å². The van der Waals surface area contributed by atoms with E-state index < -0.39 is 28.6 Å². The molecule has 0 saturated carbocycles. The number of rotatable bonds is 5. The van der Waals surface area contributed by atoms with Crippen LogP contribution in [0.15, 0.2) is 11.0 Å². The first kappa shape index (κ1) is 16.8. The summed E-state index contributed by atoms with van der Waals surface area (Å²) in [5.74, 6) is -2.88. The second-order valence-electron chi connectivity index (χ2n) is 5.51. The summed E-state index contributed by atoms with van der Waals surface area (Å²) in [5.41, 5.74) is -1.92. The lowest BCUT2D eigenvalue weighted by atomic mass is 10.2. The number of aromatic hydroxyl groups is 1. The van der Waals surface area contributed by atoms with E-state index >= 15 is 0 Å². The van der Waals surface area contributed by atoms with Crippen LogP contribution in [0.4, 0.5) is 0 Å².